The number of carbonyl (C=O) groups is 2. The molecule has 2 amide bonds. The van der Waals surface area contributed by atoms with Crippen LogP contribution < -0.4 is 10.1 Å². The summed E-state index contributed by atoms with van der Waals surface area (Å²) in [5, 5.41) is 2.84. The summed E-state index contributed by atoms with van der Waals surface area (Å²) < 4.78 is 19.7. The standard InChI is InChI=1S/C27H29FN2O3/c1-3-29-27(32)25(17-20-9-5-4-6-10-20)30(19-22-11-7-8-12-24(22)28)26(31)18-21-13-15-23(33-2)16-14-21/h4-16,25H,3,17-19H2,1-2H3,(H,29,32). The zero-order chi connectivity index (χ0) is 23.6. The van der Waals surface area contributed by atoms with E-state index in [9.17, 15) is 14.0 Å². The number of halogens is 1. The van der Waals surface area contributed by atoms with Crippen molar-refractivity contribution in [2.24, 2.45) is 0 Å². The lowest BCUT2D eigenvalue weighted by atomic mass is 10.0. The third-order valence-electron chi connectivity index (χ3n) is 5.44. The lowest BCUT2D eigenvalue weighted by Gasteiger charge is -2.31. The third kappa shape index (κ3) is 6.65. The van der Waals surface area contributed by atoms with Gasteiger partial charge >= 0.3 is 0 Å². The molecule has 33 heavy (non-hydrogen) atoms. The van der Waals surface area contributed by atoms with Gasteiger partial charge in [0.05, 0.1) is 13.5 Å². The first-order valence-corrected chi connectivity index (χ1v) is 11.0. The average molecular weight is 449 g/mol. The van der Waals surface area contributed by atoms with Gasteiger partial charge in [0.2, 0.25) is 11.8 Å². The van der Waals surface area contributed by atoms with Crippen LogP contribution in [0.25, 0.3) is 0 Å². The van der Waals surface area contributed by atoms with E-state index in [4.69, 9.17) is 4.74 Å². The Bertz CT molecular complexity index is 1050. The highest BCUT2D eigenvalue weighted by Gasteiger charge is 2.30. The molecule has 3 aromatic carbocycles. The van der Waals surface area contributed by atoms with E-state index in [1.165, 1.54) is 11.0 Å². The van der Waals surface area contributed by atoms with Crippen molar-refractivity contribution >= 4 is 11.8 Å². The molecule has 1 atom stereocenters. The molecule has 0 aliphatic heterocycles. The number of nitrogens with zero attached hydrogens (tertiary/aromatic N) is 1. The highest BCUT2D eigenvalue weighted by atomic mass is 19.1. The van der Waals surface area contributed by atoms with Crippen LogP contribution in [0.2, 0.25) is 0 Å². The number of benzene rings is 3. The first-order chi connectivity index (χ1) is 16.0. The van der Waals surface area contributed by atoms with Crippen molar-refractivity contribution in [3.63, 3.8) is 0 Å². The topological polar surface area (TPSA) is 58.6 Å². The molecule has 0 saturated heterocycles. The first kappa shape index (κ1) is 24.0. The SMILES string of the molecule is CCNC(=O)C(Cc1ccccc1)N(Cc1ccccc1F)C(=O)Cc1ccc(OC)cc1. The number of nitrogens with one attached hydrogen (secondary N) is 1. The molecule has 6 heteroatoms. The van der Waals surface area contributed by atoms with Crippen LogP contribution in [0.4, 0.5) is 4.39 Å². The Hall–Kier alpha value is -3.67. The lowest BCUT2D eigenvalue weighted by Crippen LogP contribution is -2.51. The molecule has 0 saturated carbocycles. The van der Waals surface area contributed by atoms with Gasteiger partial charge in [-0.1, -0.05) is 60.7 Å². The van der Waals surface area contributed by atoms with E-state index < -0.39 is 11.9 Å². The Morgan fingerprint density at radius 2 is 1.61 bits per heavy atom. The normalized spacial score (nSPS) is 11.5. The van der Waals surface area contributed by atoms with E-state index in [1.54, 1.807) is 37.4 Å². The summed E-state index contributed by atoms with van der Waals surface area (Å²) in [6.07, 6.45) is 0.415. The highest BCUT2D eigenvalue weighted by molar-refractivity contribution is 5.88. The zero-order valence-electron chi connectivity index (χ0n) is 19.0. The number of hydrogen-bond donors (Lipinski definition) is 1. The fourth-order valence-corrected chi connectivity index (χ4v) is 3.68. The second-order valence-corrected chi connectivity index (χ2v) is 7.74. The Morgan fingerprint density at radius 3 is 2.24 bits per heavy atom. The Morgan fingerprint density at radius 1 is 0.939 bits per heavy atom. The van der Waals surface area contributed by atoms with Crippen LogP contribution in [-0.4, -0.2) is 36.4 Å². The molecule has 0 aliphatic carbocycles. The van der Waals surface area contributed by atoms with Gasteiger partial charge in [-0.25, -0.2) is 4.39 Å². The van der Waals surface area contributed by atoms with Gasteiger partial charge in [-0.15, -0.1) is 0 Å². The summed E-state index contributed by atoms with van der Waals surface area (Å²) in [4.78, 5) is 28.1. The molecule has 1 unspecified atom stereocenters. The van der Waals surface area contributed by atoms with Gasteiger partial charge in [-0.05, 0) is 36.2 Å². The molecule has 5 nitrogen and oxygen atoms in total. The van der Waals surface area contributed by atoms with Crippen LogP contribution in [0, 0.1) is 5.82 Å². The van der Waals surface area contributed by atoms with E-state index >= 15 is 0 Å². The summed E-state index contributed by atoms with van der Waals surface area (Å²) in [5.74, 6) is -0.232. The molecule has 3 rings (SSSR count). The van der Waals surface area contributed by atoms with Gasteiger partial charge in [-0.2, -0.15) is 0 Å². The van der Waals surface area contributed by atoms with E-state index in [2.05, 4.69) is 5.32 Å². The fraction of sp³-hybridized carbons (Fsp3) is 0.259. The monoisotopic (exact) mass is 448 g/mol. The van der Waals surface area contributed by atoms with Crippen molar-refractivity contribution in [3.8, 4) is 5.75 Å². The number of ether oxygens (including phenoxy) is 1. The van der Waals surface area contributed by atoms with Crippen LogP contribution in [0.15, 0.2) is 78.9 Å². The van der Waals surface area contributed by atoms with Crippen molar-refractivity contribution in [2.45, 2.75) is 32.4 Å². The molecule has 1 N–H and O–H groups in total. The van der Waals surface area contributed by atoms with E-state index in [0.29, 0.717) is 24.3 Å². The minimum atomic E-state index is -0.780. The Kier molecular flexibility index (Phi) is 8.58. The summed E-state index contributed by atoms with van der Waals surface area (Å²) in [6, 6.07) is 22.3. The van der Waals surface area contributed by atoms with Crippen LogP contribution in [0.1, 0.15) is 23.6 Å². The number of likely N-dealkylation sites (N-methyl/N-ethyl adjacent to an activating group) is 1. The highest BCUT2D eigenvalue weighted by Crippen LogP contribution is 2.19. The second kappa shape index (κ2) is 11.8. The molecule has 3 aromatic rings. The summed E-state index contributed by atoms with van der Waals surface area (Å²) in [7, 11) is 1.58. The number of carbonyl (C=O) groups excluding carboxylic acids is 2. The summed E-state index contributed by atoms with van der Waals surface area (Å²) in [6.45, 7) is 2.26. The number of rotatable bonds is 10. The molecule has 0 spiro atoms. The number of amides is 2. The van der Waals surface area contributed by atoms with Crippen LogP contribution in [0.5, 0.6) is 5.75 Å². The summed E-state index contributed by atoms with van der Waals surface area (Å²) in [5.41, 5.74) is 2.07. The molecule has 0 fully saturated rings. The van der Waals surface area contributed by atoms with Crippen LogP contribution >= 0.6 is 0 Å². The second-order valence-electron chi connectivity index (χ2n) is 7.74. The molecule has 0 heterocycles. The number of methoxy groups -OCH3 is 1. The minimum absolute atomic E-state index is 0.00367. The maximum Gasteiger partial charge on any atom is 0.243 e. The zero-order valence-corrected chi connectivity index (χ0v) is 19.0. The first-order valence-electron chi connectivity index (χ1n) is 11.0. The van der Waals surface area contributed by atoms with Crippen LogP contribution in [0.3, 0.4) is 0 Å². The molecule has 0 bridgehead atoms. The third-order valence-corrected chi connectivity index (χ3v) is 5.44. The fourth-order valence-electron chi connectivity index (χ4n) is 3.68. The predicted molar refractivity (Wildman–Crippen MR) is 126 cm³/mol. The largest absolute Gasteiger partial charge is 0.497 e. The quantitative estimate of drug-likeness (QED) is 0.507. The van der Waals surface area contributed by atoms with E-state index in [-0.39, 0.29) is 24.8 Å². The predicted octanol–water partition coefficient (Wildman–Crippen LogP) is 4.15. The molecular weight excluding hydrogens is 419 g/mol. The van der Waals surface area contributed by atoms with Gasteiger partial charge in [-0.3, -0.25) is 9.59 Å². The average Bonchev–Trinajstić information content (AvgIpc) is 2.83. The molecular formula is C27H29FN2O3. The van der Waals surface area contributed by atoms with Crippen LogP contribution in [-0.2, 0) is 29.0 Å². The van der Waals surface area contributed by atoms with Gasteiger partial charge < -0.3 is 15.0 Å². The van der Waals surface area contributed by atoms with Crippen molar-refractivity contribution in [1.29, 1.82) is 0 Å². The molecule has 0 radical (unpaired) electrons. The van der Waals surface area contributed by atoms with Gasteiger partial charge in [0.1, 0.15) is 17.6 Å². The maximum atomic E-state index is 14.5. The summed E-state index contributed by atoms with van der Waals surface area (Å²) >= 11 is 0. The molecule has 0 aromatic heterocycles. The van der Waals surface area contributed by atoms with E-state index in [1.807, 2.05) is 49.4 Å². The molecule has 172 valence electrons. The minimum Gasteiger partial charge on any atom is -0.497 e. The van der Waals surface area contributed by atoms with Crippen molar-refractivity contribution in [2.75, 3.05) is 13.7 Å². The number of hydrogen-bond acceptors (Lipinski definition) is 3. The van der Waals surface area contributed by atoms with Crippen molar-refractivity contribution in [1.82, 2.24) is 10.2 Å². The Labute approximate surface area is 194 Å². The smallest absolute Gasteiger partial charge is 0.243 e. The van der Waals surface area contributed by atoms with Gasteiger partial charge in [0.15, 0.2) is 0 Å². The molecule has 0 aliphatic rings. The lowest BCUT2D eigenvalue weighted by molar-refractivity contribution is -0.140. The van der Waals surface area contributed by atoms with Gasteiger partial charge in [0.25, 0.3) is 0 Å². The van der Waals surface area contributed by atoms with Crippen molar-refractivity contribution in [3.05, 3.63) is 101 Å². The Balaban J connectivity index is 1.94. The van der Waals surface area contributed by atoms with Crippen molar-refractivity contribution < 1.29 is 18.7 Å². The maximum absolute atomic E-state index is 14.5. The van der Waals surface area contributed by atoms with E-state index in [0.717, 1.165) is 11.1 Å². The van der Waals surface area contributed by atoms with Gasteiger partial charge in [0, 0.05) is 25.1 Å².